The van der Waals surface area contributed by atoms with E-state index in [1.54, 1.807) is 0 Å². The lowest BCUT2D eigenvalue weighted by molar-refractivity contribution is 0.0173. The highest BCUT2D eigenvalue weighted by molar-refractivity contribution is 4.61. The highest BCUT2D eigenvalue weighted by Gasteiger charge is 2.10. The SMILES string of the molecule is CCOC(CC)CCC(CC)OCC. The molecule has 0 aliphatic heterocycles. The van der Waals surface area contributed by atoms with Crippen molar-refractivity contribution in [3.63, 3.8) is 0 Å². The summed E-state index contributed by atoms with van der Waals surface area (Å²) in [5.74, 6) is 0. The summed E-state index contributed by atoms with van der Waals surface area (Å²) in [5.41, 5.74) is 0. The second-order valence-corrected chi connectivity index (χ2v) is 3.55. The highest BCUT2D eigenvalue weighted by Crippen LogP contribution is 2.12. The fourth-order valence-electron chi connectivity index (χ4n) is 1.65. The summed E-state index contributed by atoms with van der Waals surface area (Å²) < 4.78 is 11.2. The third-order valence-electron chi connectivity index (χ3n) is 2.53. The molecule has 0 rings (SSSR count). The molecule has 2 nitrogen and oxygen atoms in total. The lowest BCUT2D eigenvalue weighted by atomic mass is 10.1. The first-order valence-corrected chi connectivity index (χ1v) is 6.01. The Balaban J connectivity index is 3.63. The fourth-order valence-corrected chi connectivity index (χ4v) is 1.65. The van der Waals surface area contributed by atoms with Gasteiger partial charge in [0.2, 0.25) is 0 Å². The average molecular weight is 202 g/mol. The van der Waals surface area contributed by atoms with E-state index < -0.39 is 0 Å². The molecule has 0 saturated heterocycles. The van der Waals surface area contributed by atoms with Gasteiger partial charge >= 0.3 is 0 Å². The first kappa shape index (κ1) is 13.9. The van der Waals surface area contributed by atoms with Crippen LogP contribution in [0.1, 0.15) is 53.4 Å². The molecule has 0 fully saturated rings. The fraction of sp³-hybridized carbons (Fsp3) is 1.00. The van der Waals surface area contributed by atoms with E-state index in [0.29, 0.717) is 12.2 Å². The number of rotatable bonds is 9. The Morgan fingerprint density at radius 2 is 1.07 bits per heavy atom. The summed E-state index contributed by atoms with van der Waals surface area (Å²) in [5, 5.41) is 0. The molecule has 0 amide bonds. The van der Waals surface area contributed by atoms with Gasteiger partial charge in [-0.1, -0.05) is 13.8 Å². The molecule has 0 aromatic rings. The van der Waals surface area contributed by atoms with Crippen molar-refractivity contribution in [3.8, 4) is 0 Å². The molecule has 2 heteroatoms. The Morgan fingerprint density at radius 1 is 0.714 bits per heavy atom. The maximum absolute atomic E-state index is 5.61. The number of ether oxygens (including phenoxy) is 2. The minimum atomic E-state index is 0.425. The topological polar surface area (TPSA) is 18.5 Å². The van der Waals surface area contributed by atoms with Crippen LogP contribution in [0.15, 0.2) is 0 Å². The Labute approximate surface area is 89.0 Å². The summed E-state index contributed by atoms with van der Waals surface area (Å²) in [7, 11) is 0. The highest BCUT2D eigenvalue weighted by atomic mass is 16.5. The van der Waals surface area contributed by atoms with E-state index in [2.05, 4.69) is 27.7 Å². The predicted molar refractivity (Wildman–Crippen MR) is 60.6 cm³/mol. The zero-order valence-corrected chi connectivity index (χ0v) is 10.2. The molecule has 0 spiro atoms. The molecule has 0 saturated carbocycles. The molecule has 0 aromatic heterocycles. The second-order valence-electron chi connectivity index (χ2n) is 3.55. The van der Waals surface area contributed by atoms with E-state index >= 15 is 0 Å². The molecule has 0 aromatic carbocycles. The van der Waals surface area contributed by atoms with Crippen LogP contribution in [0, 0.1) is 0 Å². The van der Waals surface area contributed by atoms with Crippen LogP contribution in [0.2, 0.25) is 0 Å². The van der Waals surface area contributed by atoms with Gasteiger partial charge in [-0.3, -0.25) is 0 Å². The summed E-state index contributed by atoms with van der Waals surface area (Å²) in [6.45, 7) is 10.1. The van der Waals surface area contributed by atoms with Gasteiger partial charge < -0.3 is 9.47 Å². The Morgan fingerprint density at radius 3 is 1.29 bits per heavy atom. The first-order valence-electron chi connectivity index (χ1n) is 6.01. The molecule has 2 unspecified atom stereocenters. The monoisotopic (exact) mass is 202 g/mol. The minimum absolute atomic E-state index is 0.425. The van der Waals surface area contributed by atoms with Crippen LogP contribution >= 0.6 is 0 Å². The molecule has 86 valence electrons. The Kier molecular flexibility index (Phi) is 9.42. The van der Waals surface area contributed by atoms with Gasteiger partial charge in [-0.25, -0.2) is 0 Å². The van der Waals surface area contributed by atoms with Crippen molar-refractivity contribution in [2.45, 2.75) is 65.6 Å². The number of hydrogen-bond acceptors (Lipinski definition) is 2. The molecule has 0 bridgehead atoms. The van der Waals surface area contributed by atoms with Crippen molar-refractivity contribution in [1.82, 2.24) is 0 Å². The van der Waals surface area contributed by atoms with E-state index in [1.165, 1.54) is 0 Å². The van der Waals surface area contributed by atoms with Gasteiger partial charge in [0.25, 0.3) is 0 Å². The third-order valence-corrected chi connectivity index (χ3v) is 2.53. The van der Waals surface area contributed by atoms with E-state index in [-0.39, 0.29) is 0 Å². The molecule has 0 radical (unpaired) electrons. The van der Waals surface area contributed by atoms with Crippen LogP contribution in [0.5, 0.6) is 0 Å². The van der Waals surface area contributed by atoms with Crippen molar-refractivity contribution < 1.29 is 9.47 Å². The molecular weight excluding hydrogens is 176 g/mol. The average Bonchev–Trinajstić information content (AvgIpc) is 2.22. The van der Waals surface area contributed by atoms with Gasteiger partial charge in [0.15, 0.2) is 0 Å². The van der Waals surface area contributed by atoms with Crippen LogP contribution < -0.4 is 0 Å². The van der Waals surface area contributed by atoms with Crippen molar-refractivity contribution in [2.75, 3.05) is 13.2 Å². The smallest absolute Gasteiger partial charge is 0.0573 e. The normalized spacial score (nSPS) is 15.4. The first-order chi connectivity index (χ1) is 6.78. The largest absolute Gasteiger partial charge is 0.379 e. The molecule has 0 aliphatic rings. The molecule has 0 aliphatic carbocycles. The maximum Gasteiger partial charge on any atom is 0.0573 e. The summed E-state index contributed by atoms with van der Waals surface area (Å²) in [4.78, 5) is 0. The van der Waals surface area contributed by atoms with Gasteiger partial charge in [0.05, 0.1) is 12.2 Å². The Bertz CT molecular complexity index is 101. The van der Waals surface area contributed by atoms with Crippen LogP contribution in [-0.2, 0) is 9.47 Å². The van der Waals surface area contributed by atoms with Gasteiger partial charge in [-0.15, -0.1) is 0 Å². The van der Waals surface area contributed by atoms with Crippen LogP contribution in [0.4, 0.5) is 0 Å². The van der Waals surface area contributed by atoms with E-state index in [1.807, 2.05) is 0 Å². The molecule has 2 atom stereocenters. The van der Waals surface area contributed by atoms with Gasteiger partial charge in [0.1, 0.15) is 0 Å². The predicted octanol–water partition coefficient (Wildman–Crippen LogP) is 3.40. The van der Waals surface area contributed by atoms with Crippen LogP contribution in [0.25, 0.3) is 0 Å². The van der Waals surface area contributed by atoms with Crippen molar-refractivity contribution >= 4 is 0 Å². The third kappa shape index (κ3) is 6.39. The van der Waals surface area contributed by atoms with Gasteiger partial charge in [0, 0.05) is 13.2 Å². The Hall–Kier alpha value is -0.0800. The minimum Gasteiger partial charge on any atom is -0.379 e. The summed E-state index contributed by atoms with van der Waals surface area (Å²) in [6.07, 6.45) is 5.32. The standard InChI is InChI=1S/C12H26O2/c1-5-11(13-7-3)9-10-12(6-2)14-8-4/h11-12H,5-10H2,1-4H3. The molecular formula is C12H26O2. The second kappa shape index (κ2) is 9.47. The van der Waals surface area contributed by atoms with Crippen molar-refractivity contribution in [1.29, 1.82) is 0 Å². The number of hydrogen-bond donors (Lipinski definition) is 0. The van der Waals surface area contributed by atoms with E-state index in [0.717, 1.165) is 38.9 Å². The lowest BCUT2D eigenvalue weighted by Gasteiger charge is -2.19. The quantitative estimate of drug-likeness (QED) is 0.570. The maximum atomic E-state index is 5.61. The van der Waals surface area contributed by atoms with Crippen LogP contribution in [-0.4, -0.2) is 25.4 Å². The van der Waals surface area contributed by atoms with E-state index in [9.17, 15) is 0 Å². The summed E-state index contributed by atoms with van der Waals surface area (Å²) >= 11 is 0. The van der Waals surface area contributed by atoms with Crippen molar-refractivity contribution in [2.24, 2.45) is 0 Å². The van der Waals surface area contributed by atoms with Gasteiger partial charge in [-0.2, -0.15) is 0 Å². The zero-order valence-electron chi connectivity index (χ0n) is 10.2. The van der Waals surface area contributed by atoms with Crippen molar-refractivity contribution in [3.05, 3.63) is 0 Å². The molecule has 0 heterocycles. The van der Waals surface area contributed by atoms with Gasteiger partial charge in [-0.05, 0) is 39.5 Å². The summed E-state index contributed by atoms with van der Waals surface area (Å²) in [6, 6.07) is 0. The van der Waals surface area contributed by atoms with E-state index in [4.69, 9.17) is 9.47 Å². The lowest BCUT2D eigenvalue weighted by Crippen LogP contribution is -2.18. The van der Waals surface area contributed by atoms with Crippen LogP contribution in [0.3, 0.4) is 0 Å². The molecule has 14 heavy (non-hydrogen) atoms. The zero-order chi connectivity index (χ0) is 10.8. The molecule has 0 N–H and O–H groups in total.